The molecule has 0 unspecified atom stereocenters. The van der Waals surface area contributed by atoms with Gasteiger partial charge in [0.1, 0.15) is 11.5 Å². The lowest BCUT2D eigenvalue weighted by molar-refractivity contribution is 0.0929. The molecule has 1 amide bonds. The summed E-state index contributed by atoms with van der Waals surface area (Å²) >= 11 is 0. The zero-order chi connectivity index (χ0) is 22.3. The molecular formula is C28H31NO3. The highest BCUT2D eigenvalue weighted by Crippen LogP contribution is 2.35. The lowest BCUT2D eigenvalue weighted by Crippen LogP contribution is -2.36. The molecule has 1 fully saturated rings. The first-order valence-electron chi connectivity index (χ1n) is 11.6. The first-order valence-corrected chi connectivity index (χ1v) is 11.6. The predicted molar refractivity (Wildman–Crippen MR) is 127 cm³/mol. The minimum Gasteiger partial charge on any atom is -0.508 e. The van der Waals surface area contributed by atoms with Gasteiger partial charge < -0.3 is 15.5 Å². The van der Waals surface area contributed by atoms with Crippen molar-refractivity contribution in [2.24, 2.45) is 0 Å². The Bertz CT molecular complexity index is 974. The van der Waals surface area contributed by atoms with Crippen molar-refractivity contribution >= 4 is 5.91 Å². The highest BCUT2D eigenvalue weighted by Gasteiger charge is 2.24. The normalized spacial score (nSPS) is 15.2. The highest BCUT2D eigenvalue weighted by molar-refractivity contribution is 5.96. The second-order valence-corrected chi connectivity index (χ2v) is 8.72. The van der Waals surface area contributed by atoms with E-state index in [2.05, 4.69) is 5.32 Å². The van der Waals surface area contributed by atoms with Crippen molar-refractivity contribution in [1.82, 2.24) is 5.32 Å². The van der Waals surface area contributed by atoms with Gasteiger partial charge in [-0.2, -0.15) is 0 Å². The van der Waals surface area contributed by atoms with Gasteiger partial charge in [0, 0.05) is 17.5 Å². The van der Waals surface area contributed by atoms with E-state index in [0.717, 1.165) is 42.4 Å². The lowest BCUT2D eigenvalue weighted by atomic mass is 9.82. The highest BCUT2D eigenvalue weighted by atomic mass is 16.3. The molecular weight excluding hydrogens is 398 g/mol. The molecule has 0 bridgehead atoms. The minimum atomic E-state index is -0.199. The third kappa shape index (κ3) is 5.31. The van der Waals surface area contributed by atoms with E-state index in [4.69, 9.17) is 0 Å². The van der Waals surface area contributed by atoms with Gasteiger partial charge in [0.25, 0.3) is 5.91 Å². The number of phenolic OH excluding ortho intramolecular Hbond substituents is 2. The first-order chi connectivity index (χ1) is 15.6. The number of nitrogens with one attached hydrogen (secondary N) is 1. The van der Waals surface area contributed by atoms with Gasteiger partial charge in [-0.1, -0.05) is 74.6 Å². The molecule has 1 aliphatic carbocycles. The lowest BCUT2D eigenvalue weighted by Gasteiger charge is -2.24. The molecule has 0 radical (unpaired) electrons. The third-order valence-corrected chi connectivity index (χ3v) is 6.41. The summed E-state index contributed by atoms with van der Waals surface area (Å²) in [6, 6.07) is 22.2. The van der Waals surface area contributed by atoms with Crippen LogP contribution in [-0.4, -0.2) is 22.2 Å². The Kier molecular flexibility index (Phi) is 7.10. The van der Waals surface area contributed by atoms with E-state index >= 15 is 0 Å². The molecule has 0 saturated heterocycles. The molecule has 4 nitrogen and oxygen atoms in total. The fourth-order valence-corrected chi connectivity index (χ4v) is 4.70. The standard InChI is InChI=1S/C28H31NO3/c30-23-16-12-20(13-17-23)27(21-14-18-24(31)19-15-21)25-10-6-7-11-26(25)28(32)29-22-8-4-2-1-3-5-9-22/h6-7,10-19,22,27,30-31H,1-5,8-9H2,(H,29,32). The molecule has 0 aliphatic heterocycles. The summed E-state index contributed by atoms with van der Waals surface area (Å²) in [6.45, 7) is 0. The number of amides is 1. The van der Waals surface area contributed by atoms with Gasteiger partial charge in [-0.15, -0.1) is 0 Å². The molecule has 166 valence electrons. The summed E-state index contributed by atoms with van der Waals surface area (Å²) in [5.41, 5.74) is 3.52. The smallest absolute Gasteiger partial charge is 0.251 e. The number of carbonyl (C=O) groups is 1. The van der Waals surface area contributed by atoms with Gasteiger partial charge in [-0.25, -0.2) is 0 Å². The van der Waals surface area contributed by atoms with Crippen molar-refractivity contribution in [3.63, 3.8) is 0 Å². The Hall–Kier alpha value is -3.27. The zero-order valence-electron chi connectivity index (χ0n) is 18.3. The summed E-state index contributed by atoms with van der Waals surface area (Å²) < 4.78 is 0. The van der Waals surface area contributed by atoms with Crippen LogP contribution >= 0.6 is 0 Å². The van der Waals surface area contributed by atoms with E-state index in [1.54, 1.807) is 24.3 Å². The van der Waals surface area contributed by atoms with E-state index in [0.29, 0.717) is 5.56 Å². The first kappa shape index (κ1) is 21.9. The van der Waals surface area contributed by atoms with Crippen molar-refractivity contribution in [2.45, 2.75) is 56.9 Å². The summed E-state index contributed by atoms with van der Waals surface area (Å²) in [5.74, 6) is 0.172. The Morgan fingerprint density at radius 2 is 1.22 bits per heavy atom. The second kappa shape index (κ2) is 10.4. The number of rotatable bonds is 5. The number of aromatic hydroxyl groups is 2. The number of hydrogen-bond donors (Lipinski definition) is 3. The van der Waals surface area contributed by atoms with Crippen LogP contribution in [0.2, 0.25) is 0 Å². The maximum Gasteiger partial charge on any atom is 0.251 e. The number of benzene rings is 3. The van der Waals surface area contributed by atoms with Crippen LogP contribution in [0.15, 0.2) is 72.8 Å². The zero-order valence-corrected chi connectivity index (χ0v) is 18.3. The maximum absolute atomic E-state index is 13.4. The summed E-state index contributed by atoms with van der Waals surface area (Å²) in [4.78, 5) is 13.4. The van der Waals surface area contributed by atoms with Crippen molar-refractivity contribution in [1.29, 1.82) is 0 Å². The fraction of sp³-hybridized carbons (Fsp3) is 0.321. The van der Waals surface area contributed by atoms with Crippen LogP contribution in [0.3, 0.4) is 0 Å². The molecule has 1 saturated carbocycles. The van der Waals surface area contributed by atoms with Crippen LogP contribution in [0.25, 0.3) is 0 Å². The van der Waals surface area contributed by atoms with Crippen LogP contribution in [-0.2, 0) is 0 Å². The van der Waals surface area contributed by atoms with Crippen molar-refractivity contribution in [2.75, 3.05) is 0 Å². The monoisotopic (exact) mass is 429 g/mol. The van der Waals surface area contributed by atoms with Crippen molar-refractivity contribution in [3.8, 4) is 11.5 Å². The quantitative estimate of drug-likeness (QED) is 0.428. The van der Waals surface area contributed by atoms with Crippen molar-refractivity contribution < 1.29 is 15.0 Å². The largest absolute Gasteiger partial charge is 0.508 e. The summed E-state index contributed by atoms with van der Waals surface area (Å²) in [7, 11) is 0. The molecule has 3 aromatic carbocycles. The number of hydrogen-bond acceptors (Lipinski definition) is 3. The molecule has 3 N–H and O–H groups in total. The molecule has 3 aromatic rings. The maximum atomic E-state index is 13.4. The average Bonchev–Trinajstić information content (AvgIpc) is 2.78. The molecule has 4 heteroatoms. The Morgan fingerprint density at radius 1 is 0.719 bits per heavy atom. The van der Waals surface area contributed by atoms with Crippen LogP contribution in [0, 0.1) is 0 Å². The Labute approximate surface area is 189 Å². The van der Waals surface area contributed by atoms with Gasteiger partial charge in [-0.05, 0) is 59.9 Å². The Morgan fingerprint density at radius 3 is 1.78 bits per heavy atom. The predicted octanol–water partition coefficient (Wildman–Crippen LogP) is 6.12. The number of phenols is 2. The van der Waals surface area contributed by atoms with Gasteiger partial charge >= 0.3 is 0 Å². The van der Waals surface area contributed by atoms with Gasteiger partial charge in [0.2, 0.25) is 0 Å². The topological polar surface area (TPSA) is 69.6 Å². The molecule has 0 heterocycles. The third-order valence-electron chi connectivity index (χ3n) is 6.41. The van der Waals surface area contributed by atoms with Gasteiger partial charge in [-0.3, -0.25) is 4.79 Å². The van der Waals surface area contributed by atoms with E-state index in [1.807, 2.05) is 48.5 Å². The van der Waals surface area contributed by atoms with E-state index in [1.165, 1.54) is 19.3 Å². The molecule has 4 rings (SSSR count). The second-order valence-electron chi connectivity index (χ2n) is 8.72. The van der Waals surface area contributed by atoms with E-state index < -0.39 is 0 Å². The molecule has 1 aliphatic rings. The summed E-state index contributed by atoms with van der Waals surface area (Å²) in [6.07, 6.45) is 8.18. The van der Waals surface area contributed by atoms with Crippen LogP contribution in [0.4, 0.5) is 0 Å². The molecule has 0 aromatic heterocycles. The van der Waals surface area contributed by atoms with Crippen LogP contribution < -0.4 is 5.32 Å². The fourth-order valence-electron chi connectivity index (χ4n) is 4.70. The van der Waals surface area contributed by atoms with Gasteiger partial charge in [0.15, 0.2) is 0 Å². The van der Waals surface area contributed by atoms with Gasteiger partial charge in [0.05, 0.1) is 0 Å². The molecule has 32 heavy (non-hydrogen) atoms. The van der Waals surface area contributed by atoms with Crippen LogP contribution in [0.1, 0.15) is 77.9 Å². The summed E-state index contributed by atoms with van der Waals surface area (Å²) in [5, 5.41) is 22.9. The average molecular weight is 430 g/mol. The molecule has 0 atom stereocenters. The van der Waals surface area contributed by atoms with E-state index in [-0.39, 0.29) is 29.4 Å². The van der Waals surface area contributed by atoms with Crippen LogP contribution in [0.5, 0.6) is 11.5 Å². The Balaban J connectivity index is 1.69. The van der Waals surface area contributed by atoms with E-state index in [9.17, 15) is 15.0 Å². The SMILES string of the molecule is O=C(NC1CCCCCCC1)c1ccccc1C(c1ccc(O)cc1)c1ccc(O)cc1. The minimum absolute atomic E-state index is 0.0336. The number of carbonyl (C=O) groups excluding carboxylic acids is 1. The van der Waals surface area contributed by atoms with Crippen molar-refractivity contribution in [3.05, 3.63) is 95.1 Å². The molecule has 0 spiro atoms.